The normalized spacial score (nSPS) is 25.0. The van der Waals surface area contributed by atoms with Gasteiger partial charge in [0.05, 0.1) is 10.6 Å². The van der Waals surface area contributed by atoms with Crippen LogP contribution in [-0.4, -0.2) is 24.4 Å². The molecule has 0 amide bonds. The summed E-state index contributed by atoms with van der Waals surface area (Å²) in [5.74, 6) is 1.50. The molecule has 0 N–H and O–H groups in total. The second kappa shape index (κ2) is 5.17. The highest BCUT2D eigenvalue weighted by Gasteiger charge is 2.25. The maximum absolute atomic E-state index is 11.0. The summed E-state index contributed by atoms with van der Waals surface area (Å²) in [6.07, 6.45) is 3.00. The van der Waals surface area contributed by atoms with Crippen molar-refractivity contribution in [2.75, 3.05) is 18.0 Å². The summed E-state index contributed by atoms with van der Waals surface area (Å²) in [6, 6.07) is 0. The van der Waals surface area contributed by atoms with E-state index < -0.39 is 0 Å². The maximum Gasteiger partial charge on any atom is 0.186 e. The lowest BCUT2D eigenvalue weighted by Crippen LogP contribution is -2.38. The number of carbonyl (C=O) groups is 1. The number of aryl methyl sites for hydroxylation is 1. The van der Waals surface area contributed by atoms with Crippen LogP contribution < -0.4 is 4.90 Å². The van der Waals surface area contributed by atoms with Gasteiger partial charge in [0.15, 0.2) is 11.4 Å². The van der Waals surface area contributed by atoms with Crippen molar-refractivity contribution in [2.24, 2.45) is 11.8 Å². The van der Waals surface area contributed by atoms with Crippen LogP contribution >= 0.6 is 11.3 Å². The number of piperidine rings is 1. The van der Waals surface area contributed by atoms with Gasteiger partial charge in [0.2, 0.25) is 0 Å². The number of anilines is 1. The lowest BCUT2D eigenvalue weighted by atomic mass is 9.89. The lowest BCUT2D eigenvalue weighted by molar-refractivity contribution is 0.112. The Morgan fingerprint density at radius 2 is 2.24 bits per heavy atom. The first-order chi connectivity index (χ1) is 8.15. The van der Waals surface area contributed by atoms with E-state index in [1.165, 1.54) is 6.42 Å². The molecule has 0 saturated carbocycles. The van der Waals surface area contributed by atoms with Gasteiger partial charge in [0, 0.05) is 13.1 Å². The Morgan fingerprint density at radius 1 is 1.47 bits per heavy atom. The summed E-state index contributed by atoms with van der Waals surface area (Å²) in [6.45, 7) is 8.80. The number of thiazole rings is 1. The monoisotopic (exact) mass is 252 g/mol. The van der Waals surface area contributed by atoms with Gasteiger partial charge in [-0.1, -0.05) is 32.1 Å². The molecule has 0 aliphatic carbocycles. The molecule has 2 heterocycles. The molecular weight excluding hydrogens is 232 g/mol. The summed E-state index contributed by atoms with van der Waals surface area (Å²) < 4.78 is 0. The molecule has 17 heavy (non-hydrogen) atoms. The largest absolute Gasteiger partial charge is 0.348 e. The molecule has 0 radical (unpaired) electrons. The van der Waals surface area contributed by atoms with E-state index in [0.717, 1.165) is 47.4 Å². The molecule has 4 heteroatoms. The first-order valence-electron chi connectivity index (χ1n) is 6.35. The molecule has 1 aromatic rings. The second-order valence-corrected chi connectivity index (χ2v) is 5.98. The second-order valence-electron chi connectivity index (χ2n) is 4.97. The van der Waals surface area contributed by atoms with Crippen LogP contribution in [0.4, 0.5) is 5.13 Å². The first-order valence-corrected chi connectivity index (χ1v) is 7.17. The van der Waals surface area contributed by atoms with Crippen molar-refractivity contribution in [1.29, 1.82) is 0 Å². The molecular formula is C13H20N2OS. The van der Waals surface area contributed by atoms with E-state index in [0.29, 0.717) is 5.92 Å². The smallest absolute Gasteiger partial charge is 0.186 e. The van der Waals surface area contributed by atoms with Gasteiger partial charge in [0.1, 0.15) is 0 Å². The van der Waals surface area contributed by atoms with Crippen molar-refractivity contribution >= 4 is 22.8 Å². The van der Waals surface area contributed by atoms with Crippen LogP contribution in [-0.2, 0) is 6.42 Å². The van der Waals surface area contributed by atoms with Crippen LogP contribution in [0.1, 0.15) is 42.6 Å². The fraction of sp³-hybridized carbons (Fsp3) is 0.692. The molecule has 1 fully saturated rings. The van der Waals surface area contributed by atoms with E-state index in [2.05, 4.69) is 23.7 Å². The van der Waals surface area contributed by atoms with Gasteiger partial charge in [-0.15, -0.1) is 0 Å². The highest BCUT2D eigenvalue weighted by molar-refractivity contribution is 7.17. The zero-order valence-electron chi connectivity index (χ0n) is 10.8. The van der Waals surface area contributed by atoms with E-state index in [-0.39, 0.29) is 0 Å². The van der Waals surface area contributed by atoms with Crippen LogP contribution in [0.3, 0.4) is 0 Å². The molecule has 1 saturated heterocycles. The highest BCUT2D eigenvalue weighted by atomic mass is 32.1. The topological polar surface area (TPSA) is 33.2 Å². The zero-order valence-corrected chi connectivity index (χ0v) is 11.6. The van der Waals surface area contributed by atoms with Gasteiger partial charge < -0.3 is 4.90 Å². The van der Waals surface area contributed by atoms with Gasteiger partial charge in [-0.2, -0.15) is 0 Å². The zero-order chi connectivity index (χ0) is 12.4. The Hall–Kier alpha value is -0.900. The fourth-order valence-corrected chi connectivity index (χ4v) is 3.27. The molecule has 2 atom stereocenters. The van der Waals surface area contributed by atoms with Crippen molar-refractivity contribution in [3.63, 3.8) is 0 Å². The van der Waals surface area contributed by atoms with Crippen LogP contribution in [0.5, 0.6) is 0 Å². The number of hydrogen-bond acceptors (Lipinski definition) is 4. The number of aromatic nitrogens is 1. The van der Waals surface area contributed by atoms with Crippen LogP contribution in [0.15, 0.2) is 0 Å². The summed E-state index contributed by atoms with van der Waals surface area (Å²) in [5.41, 5.74) is 0.950. The molecule has 3 nitrogen and oxygen atoms in total. The van der Waals surface area contributed by atoms with Crippen LogP contribution in [0.25, 0.3) is 0 Å². The van der Waals surface area contributed by atoms with E-state index in [4.69, 9.17) is 0 Å². The van der Waals surface area contributed by atoms with Gasteiger partial charge in [-0.05, 0) is 24.7 Å². The summed E-state index contributed by atoms with van der Waals surface area (Å²) in [7, 11) is 0. The Morgan fingerprint density at radius 3 is 2.76 bits per heavy atom. The van der Waals surface area contributed by atoms with Crippen molar-refractivity contribution < 1.29 is 4.79 Å². The summed E-state index contributed by atoms with van der Waals surface area (Å²) >= 11 is 1.54. The molecule has 0 spiro atoms. The Balaban J connectivity index is 2.17. The predicted molar refractivity (Wildman–Crippen MR) is 72.0 cm³/mol. The number of carbonyl (C=O) groups excluding carboxylic acids is 1. The first kappa shape index (κ1) is 12.6. The number of aldehydes is 1. The van der Waals surface area contributed by atoms with Gasteiger partial charge in [-0.25, -0.2) is 4.98 Å². The molecule has 2 unspecified atom stereocenters. The predicted octanol–water partition coefficient (Wildman–Crippen LogP) is 3.00. The minimum atomic E-state index is 0.706. The van der Waals surface area contributed by atoms with E-state index in [9.17, 15) is 4.79 Å². The minimum absolute atomic E-state index is 0.706. The number of hydrogen-bond donors (Lipinski definition) is 0. The molecule has 94 valence electrons. The van der Waals surface area contributed by atoms with Gasteiger partial charge in [0.25, 0.3) is 0 Å². The molecule has 1 aliphatic rings. The molecule has 1 aliphatic heterocycles. The van der Waals surface area contributed by atoms with Crippen LogP contribution in [0, 0.1) is 11.8 Å². The molecule has 1 aromatic heterocycles. The summed E-state index contributed by atoms with van der Waals surface area (Å²) in [4.78, 5) is 18.7. The summed E-state index contributed by atoms with van der Waals surface area (Å²) in [5, 5.41) is 1.03. The van der Waals surface area contributed by atoms with E-state index in [1.807, 2.05) is 6.92 Å². The highest BCUT2D eigenvalue weighted by Crippen LogP contribution is 2.31. The lowest BCUT2D eigenvalue weighted by Gasteiger charge is -2.35. The molecule has 2 rings (SSSR count). The SMILES string of the molecule is CCc1nc(N2CCC(C)C(C)C2)sc1C=O. The van der Waals surface area contributed by atoms with Crippen molar-refractivity contribution in [2.45, 2.75) is 33.6 Å². The third-order valence-corrected chi connectivity index (χ3v) is 4.85. The molecule has 0 bridgehead atoms. The quantitative estimate of drug-likeness (QED) is 0.775. The minimum Gasteiger partial charge on any atom is -0.348 e. The van der Waals surface area contributed by atoms with Crippen LogP contribution in [0.2, 0.25) is 0 Å². The van der Waals surface area contributed by atoms with Crippen molar-refractivity contribution in [3.8, 4) is 0 Å². The Labute approximate surface area is 107 Å². The van der Waals surface area contributed by atoms with Crippen molar-refractivity contribution in [1.82, 2.24) is 4.98 Å². The average molecular weight is 252 g/mol. The number of nitrogens with zero attached hydrogens (tertiary/aromatic N) is 2. The Kier molecular flexibility index (Phi) is 3.82. The standard InChI is InChI=1S/C13H20N2OS/c1-4-11-12(8-16)17-13(14-11)15-6-5-9(2)10(3)7-15/h8-10H,4-7H2,1-3H3. The number of rotatable bonds is 3. The van der Waals surface area contributed by atoms with E-state index in [1.54, 1.807) is 11.3 Å². The fourth-order valence-electron chi connectivity index (χ4n) is 2.27. The van der Waals surface area contributed by atoms with Crippen molar-refractivity contribution in [3.05, 3.63) is 10.6 Å². The third kappa shape index (κ3) is 2.51. The molecule has 0 aromatic carbocycles. The van der Waals surface area contributed by atoms with Gasteiger partial charge >= 0.3 is 0 Å². The third-order valence-electron chi connectivity index (χ3n) is 3.76. The van der Waals surface area contributed by atoms with E-state index >= 15 is 0 Å². The Bertz CT molecular complexity index is 402. The van der Waals surface area contributed by atoms with Gasteiger partial charge in [-0.3, -0.25) is 4.79 Å². The average Bonchev–Trinajstić information content (AvgIpc) is 2.75. The maximum atomic E-state index is 11.0.